The molecule has 2 aliphatic heterocycles. The zero-order valence-electron chi connectivity index (χ0n) is 16.6. The molecule has 28 heavy (non-hydrogen) atoms. The summed E-state index contributed by atoms with van der Waals surface area (Å²) >= 11 is 12.7. The van der Waals surface area contributed by atoms with E-state index >= 15 is 0 Å². The zero-order chi connectivity index (χ0) is 20.6. The van der Waals surface area contributed by atoms with Crippen LogP contribution in [0.2, 0.25) is 10.0 Å². The van der Waals surface area contributed by atoms with Crippen molar-refractivity contribution in [3.63, 3.8) is 0 Å². The van der Waals surface area contributed by atoms with Crippen LogP contribution in [0.4, 0.5) is 4.79 Å². The van der Waals surface area contributed by atoms with Crippen LogP contribution < -0.4 is 4.74 Å². The maximum absolute atomic E-state index is 12.6. The van der Waals surface area contributed by atoms with Gasteiger partial charge in [0, 0.05) is 18.7 Å². The minimum absolute atomic E-state index is 0.0512. The van der Waals surface area contributed by atoms with Crippen LogP contribution in [-0.2, 0) is 9.53 Å². The number of piperazine rings is 1. The SMILES string of the molecule is COc1ccc(Cl)c(Cl)c1[C@@H]1CCN2C(=O)CN(C(=O)OC(C)(C)C)C[C@@H]2C1. The fraction of sp³-hybridized carbons (Fsp3) is 0.600. The van der Waals surface area contributed by atoms with Gasteiger partial charge in [-0.05, 0) is 51.7 Å². The molecule has 2 heterocycles. The molecular formula is C20H26Cl2N2O4. The maximum atomic E-state index is 12.6. The molecular weight excluding hydrogens is 403 g/mol. The maximum Gasteiger partial charge on any atom is 0.410 e. The topological polar surface area (TPSA) is 59.1 Å². The van der Waals surface area contributed by atoms with Gasteiger partial charge in [-0.15, -0.1) is 0 Å². The van der Waals surface area contributed by atoms with Gasteiger partial charge in [0.15, 0.2) is 0 Å². The molecule has 0 bridgehead atoms. The number of nitrogens with zero attached hydrogens (tertiary/aromatic N) is 2. The predicted octanol–water partition coefficient (Wildman–Crippen LogP) is 4.33. The van der Waals surface area contributed by atoms with Gasteiger partial charge in [0.05, 0.1) is 23.2 Å². The monoisotopic (exact) mass is 428 g/mol. The summed E-state index contributed by atoms with van der Waals surface area (Å²) in [6.45, 7) is 6.55. The summed E-state index contributed by atoms with van der Waals surface area (Å²) in [5.74, 6) is 0.734. The summed E-state index contributed by atoms with van der Waals surface area (Å²) in [6.07, 6.45) is 0.994. The number of hydrogen-bond acceptors (Lipinski definition) is 4. The Hall–Kier alpha value is -1.66. The second-order valence-electron chi connectivity index (χ2n) is 8.30. The van der Waals surface area contributed by atoms with Gasteiger partial charge in [0.25, 0.3) is 0 Å². The normalized spacial score (nSPS) is 22.7. The van der Waals surface area contributed by atoms with Crippen LogP contribution in [0, 0.1) is 0 Å². The molecule has 2 atom stereocenters. The largest absolute Gasteiger partial charge is 0.496 e. The number of amides is 2. The molecule has 2 aliphatic rings. The summed E-state index contributed by atoms with van der Waals surface area (Å²) in [5, 5.41) is 0.973. The van der Waals surface area contributed by atoms with Gasteiger partial charge in [-0.3, -0.25) is 9.69 Å². The van der Waals surface area contributed by atoms with Gasteiger partial charge in [0.1, 0.15) is 17.9 Å². The van der Waals surface area contributed by atoms with Gasteiger partial charge >= 0.3 is 6.09 Å². The number of piperidine rings is 1. The number of benzene rings is 1. The molecule has 0 radical (unpaired) electrons. The number of carbonyl (C=O) groups excluding carboxylic acids is 2. The Bertz CT molecular complexity index is 778. The van der Waals surface area contributed by atoms with Crippen molar-refractivity contribution in [1.29, 1.82) is 0 Å². The average molecular weight is 429 g/mol. The number of halogens is 2. The first-order valence-corrected chi connectivity index (χ1v) is 10.2. The van der Waals surface area contributed by atoms with E-state index in [0.29, 0.717) is 35.3 Å². The lowest BCUT2D eigenvalue weighted by Crippen LogP contribution is -2.60. The molecule has 2 saturated heterocycles. The van der Waals surface area contributed by atoms with E-state index in [1.807, 2.05) is 31.7 Å². The van der Waals surface area contributed by atoms with Crippen LogP contribution >= 0.6 is 23.2 Å². The van der Waals surface area contributed by atoms with Crippen molar-refractivity contribution < 1.29 is 19.1 Å². The fourth-order valence-electron chi connectivity index (χ4n) is 3.96. The average Bonchev–Trinajstić information content (AvgIpc) is 2.61. The van der Waals surface area contributed by atoms with Crippen molar-refractivity contribution in [3.8, 4) is 5.75 Å². The van der Waals surface area contributed by atoms with E-state index in [1.165, 1.54) is 4.90 Å². The highest BCUT2D eigenvalue weighted by atomic mass is 35.5. The van der Waals surface area contributed by atoms with Gasteiger partial charge < -0.3 is 14.4 Å². The van der Waals surface area contributed by atoms with E-state index in [2.05, 4.69) is 0 Å². The molecule has 0 aliphatic carbocycles. The van der Waals surface area contributed by atoms with Crippen LogP contribution in [0.5, 0.6) is 5.75 Å². The van der Waals surface area contributed by atoms with Crippen molar-refractivity contribution in [1.82, 2.24) is 9.80 Å². The molecule has 0 N–H and O–H groups in total. The fourth-order valence-corrected chi connectivity index (χ4v) is 4.44. The van der Waals surface area contributed by atoms with Crippen molar-refractivity contribution in [2.75, 3.05) is 26.7 Å². The number of fused-ring (bicyclic) bond motifs is 1. The smallest absolute Gasteiger partial charge is 0.410 e. The molecule has 0 unspecified atom stereocenters. The van der Waals surface area contributed by atoms with E-state index < -0.39 is 11.7 Å². The first-order valence-electron chi connectivity index (χ1n) is 9.40. The molecule has 1 aromatic carbocycles. The minimum Gasteiger partial charge on any atom is -0.496 e. The van der Waals surface area contributed by atoms with Crippen LogP contribution in [0.3, 0.4) is 0 Å². The third-order valence-corrected chi connectivity index (χ3v) is 5.98. The highest BCUT2D eigenvalue weighted by molar-refractivity contribution is 6.42. The van der Waals surface area contributed by atoms with Crippen LogP contribution in [0.15, 0.2) is 12.1 Å². The molecule has 0 aromatic heterocycles. The Kier molecular flexibility index (Phi) is 6.01. The van der Waals surface area contributed by atoms with Crippen molar-refractivity contribution >= 4 is 35.2 Å². The van der Waals surface area contributed by atoms with Gasteiger partial charge in [0.2, 0.25) is 5.91 Å². The number of hydrogen-bond donors (Lipinski definition) is 0. The van der Waals surface area contributed by atoms with Crippen molar-refractivity contribution in [2.24, 2.45) is 0 Å². The Morgan fingerprint density at radius 1 is 1.25 bits per heavy atom. The van der Waals surface area contributed by atoms with E-state index in [0.717, 1.165) is 12.0 Å². The lowest BCUT2D eigenvalue weighted by atomic mass is 9.83. The van der Waals surface area contributed by atoms with Gasteiger partial charge in [-0.25, -0.2) is 4.79 Å². The first kappa shape index (κ1) is 21.1. The number of methoxy groups -OCH3 is 1. The molecule has 6 nitrogen and oxygen atoms in total. The van der Waals surface area contributed by atoms with E-state index in [1.54, 1.807) is 13.2 Å². The predicted molar refractivity (Wildman–Crippen MR) is 108 cm³/mol. The lowest BCUT2D eigenvalue weighted by Gasteiger charge is -2.46. The van der Waals surface area contributed by atoms with Crippen LogP contribution in [0.25, 0.3) is 0 Å². The minimum atomic E-state index is -0.603. The second-order valence-corrected chi connectivity index (χ2v) is 9.09. The van der Waals surface area contributed by atoms with Crippen molar-refractivity contribution in [3.05, 3.63) is 27.7 Å². The Morgan fingerprint density at radius 3 is 2.61 bits per heavy atom. The summed E-state index contributed by atoms with van der Waals surface area (Å²) in [7, 11) is 1.60. The molecule has 8 heteroatoms. The van der Waals surface area contributed by atoms with Crippen LogP contribution in [0.1, 0.15) is 45.1 Å². The molecule has 2 fully saturated rings. The summed E-state index contributed by atoms with van der Waals surface area (Å²) in [4.78, 5) is 28.4. The number of ether oxygens (including phenoxy) is 2. The summed E-state index contributed by atoms with van der Waals surface area (Å²) in [6, 6.07) is 3.44. The summed E-state index contributed by atoms with van der Waals surface area (Å²) in [5.41, 5.74) is 0.270. The molecule has 0 saturated carbocycles. The second kappa shape index (κ2) is 7.99. The Morgan fingerprint density at radius 2 is 1.96 bits per heavy atom. The number of rotatable bonds is 2. The molecule has 154 valence electrons. The standard InChI is InChI=1S/C20H26Cl2N2O4/c1-20(2,3)28-19(26)23-10-13-9-12(7-8-24(13)16(25)11-23)17-15(27-4)6-5-14(21)18(17)22/h5-6,12-13H,7-11H2,1-4H3/t12-,13+/m1/s1. The molecule has 2 amide bonds. The lowest BCUT2D eigenvalue weighted by molar-refractivity contribution is -0.141. The number of carbonyl (C=O) groups is 2. The van der Waals surface area contributed by atoms with Crippen molar-refractivity contribution in [2.45, 2.75) is 51.2 Å². The van der Waals surface area contributed by atoms with E-state index in [-0.39, 0.29) is 24.4 Å². The first-order chi connectivity index (χ1) is 13.1. The zero-order valence-corrected chi connectivity index (χ0v) is 18.1. The highest BCUT2D eigenvalue weighted by Gasteiger charge is 2.41. The quantitative estimate of drug-likeness (QED) is 0.703. The van der Waals surface area contributed by atoms with Crippen LogP contribution in [-0.4, -0.2) is 60.2 Å². The third-order valence-electron chi connectivity index (χ3n) is 5.17. The van der Waals surface area contributed by atoms with E-state index in [4.69, 9.17) is 32.7 Å². The third kappa shape index (κ3) is 4.33. The van der Waals surface area contributed by atoms with Gasteiger partial charge in [-0.2, -0.15) is 0 Å². The molecule has 1 aromatic rings. The Balaban J connectivity index is 1.80. The van der Waals surface area contributed by atoms with Gasteiger partial charge in [-0.1, -0.05) is 23.2 Å². The Labute approximate surface area is 175 Å². The summed E-state index contributed by atoms with van der Waals surface area (Å²) < 4.78 is 10.9. The highest BCUT2D eigenvalue weighted by Crippen LogP contribution is 2.44. The molecule has 3 rings (SSSR count). The van der Waals surface area contributed by atoms with E-state index in [9.17, 15) is 9.59 Å². The molecule has 0 spiro atoms.